The zero-order valence-corrected chi connectivity index (χ0v) is 15.6. The molecule has 26 heavy (non-hydrogen) atoms. The molecule has 2 aromatic rings. The van der Waals surface area contributed by atoms with Gasteiger partial charge in [-0.15, -0.1) is 0 Å². The molecule has 2 aliphatic rings. The molecule has 0 spiro atoms. The zero-order valence-electron chi connectivity index (χ0n) is 15.6. The standard InChI is InChI=1S/C22H26N2O2/c1-13-6-9-19-18(11-13)20-17(5-4-10-23-20)21(24-19)16-8-7-15(12-14(16)2)22(25)26-3/h6-9,11-12,17,20-21,23-24H,4-5,10H2,1-3H3/t17-,20-,21-/m1/s1. The highest BCUT2D eigenvalue weighted by molar-refractivity contribution is 5.89. The number of fused-ring (bicyclic) bond motifs is 3. The molecule has 4 nitrogen and oxygen atoms in total. The molecular weight excluding hydrogens is 324 g/mol. The molecule has 0 aliphatic carbocycles. The van der Waals surface area contributed by atoms with Crippen molar-refractivity contribution >= 4 is 11.7 Å². The number of carbonyl (C=O) groups is 1. The number of methoxy groups -OCH3 is 1. The normalized spacial score (nSPS) is 24.2. The van der Waals surface area contributed by atoms with Gasteiger partial charge in [-0.3, -0.25) is 0 Å². The number of hydrogen-bond donors (Lipinski definition) is 2. The molecule has 2 N–H and O–H groups in total. The van der Waals surface area contributed by atoms with E-state index < -0.39 is 0 Å². The van der Waals surface area contributed by atoms with Crippen molar-refractivity contribution in [1.29, 1.82) is 0 Å². The van der Waals surface area contributed by atoms with Gasteiger partial charge >= 0.3 is 5.97 Å². The van der Waals surface area contributed by atoms with Crippen molar-refractivity contribution in [2.75, 3.05) is 19.0 Å². The van der Waals surface area contributed by atoms with E-state index in [1.807, 2.05) is 12.1 Å². The summed E-state index contributed by atoms with van der Waals surface area (Å²) in [6.07, 6.45) is 2.39. The molecule has 2 aliphatic heterocycles. The summed E-state index contributed by atoms with van der Waals surface area (Å²) in [4.78, 5) is 11.8. The highest BCUT2D eigenvalue weighted by atomic mass is 16.5. The Bertz CT molecular complexity index is 846. The third-order valence-corrected chi connectivity index (χ3v) is 5.81. The van der Waals surface area contributed by atoms with Gasteiger partial charge in [-0.05, 0) is 68.1 Å². The minimum absolute atomic E-state index is 0.245. The molecule has 1 saturated heterocycles. The van der Waals surface area contributed by atoms with Crippen molar-refractivity contribution in [3.63, 3.8) is 0 Å². The summed E-state index contributed by atoms with van der Waals surface area (Å²) in [7, 11) is 1.42. The van der Waals surface area contributed by atoms with Crippen LogP contribution in [0.4, 0.5) is 5.69 Å². The van der Waals surface area contributed by atoms with Crippen LogP contribution >= 0.6 is 0 Å². The van der Waals surface area contributed by atoms with Gasteiger partial charge in [0.05, 0.1) is 18.7 Å². The van der Waals surface area contributed by atoms with Crippen molar-refractivity contribution in [3.05, 3.63) is 64.2 Å². The van der Waals surface area contributed by atoms with Crippen LogP contribution in [-0.4, -0.2) is 19.6 Å². The maximum absolute atomic E-state index is 11.8. The van der Waals surface area contributed by atoms with E-state index in [1.54, 1.807) is 0 Å². The van der Waals surface area contributed by atoms with Crippen LogP contribution in [0, 0.1) is 19.8 Å². The fourth-order valence-electron chi connectivity index (χ4n) is 4.54. The third-order valence-electron chi connectivity index (χ3n) is 5.81. The van der Waals surface area contributed by atoms with Gasteiger partial charge in [0.2, 0.25) is 0 Å². The number of hydrogen-bond acceptors (Lipinski definition) is 4. The minimum Gasteiger partial charge on any atom is -0.465 e. The summed E-state index contributed by atoms with van der Waals surface area (Å²) < 4.78 is 4.86. The van der Waals surface area contributed by atoms with Crippen molar-refractivity contribution in [2.45, 2.75) is 38.8 Å². The summed E-state index contributed by atoms with van der Waals surface area (Å²) in [5.74, 6) is 0.218. The van der Waals surface area contributed by atoms with Crippen molar-refractivity contribution in [1.82, 2.24) is 5.32 Å². The summed E-state index contributed by atoms with van der Waals surface area (Å²) in [6, 6.07) is 13.2. The Hall–Kier alpha value is -2.33. The van der Waals surface area contributed by atoms with Crippen LogP contribution in [0.1, 0.15) is 57.5 Å². The number of benzene rings is 2. The molecule has 4 rings (SSSR count). The van der Waals surface area contributed by atoms with Crippen LogP contribution in [0.2, 0.25) is 0 Å². The Morgan fingerprint density at radius 2 is 1.92 bits per heavy atom. The van der Waals surface area contributed by atoms with Crippen LogP contribution in [0.5, 0.6) is 0 Å². The molecule has 0 aromatic heterocycles. The number of anilines is 1. The lowest BCUT2D eigenvalue weighted by atomic mass is 9.74. The first-order valence-corrected chi connectivity index (χ1v) is 9.38. The van der Waals surface area contributed by atoms with E-state index in [0.717, 1.165) is 12.1 Å². The SMILES string of the molecule is COC(=O)c1ccc([C@H]2Nc3ccc(C)cc3[C@@H]3NCCC[C@@H]23)c(C)c1. The number of rotatable bonds is 2. The molecule has 0 unspecified atom stereocenters. The number of carbonyl (C=O) groups excluding carboxylic acids is 1. The highest BCUT2D eigenvalue weighted by Crippen LogP contribution is 2.47. The van der Waals surface area contributed by atoms with Gasteiger partial charge in [0.1, 0.15) is 0 Å². The molecule has 0 bridgehead atoms. The smallest absolute Gasteiger partial charge is 0.337 e. The third kappa shape index (κ3) is 2.88. The van der Waals surface area contributed by atoms with Crippen molar-refractivity contribution in [3.8, 4) is 0 Å². The Labute approximate surface area is 155 Å². The van der Waals surface area contributed by atoms with Crippen LogP contribution in [0.3, 0.4) is 0 Å². The number of aryl methyl sites for hydroxylation is 2. The second-order valence-corrected chi connectivity index (χ2v) is 7.51. The number of nitrogens with one attached hydrogen (secondary N) is 2. The number of piperidine rings is 1. The van der Waals surface area contributed by atoms with Crippen molar-refractivity contribution in [2.24, 2.45) is 5.92 Å². The van der Waals surface area contributed by atoms with Gasteiger partial charge in [-0.25, -0.2) is 4.79 Å². The molecular formula is C22H26N2O2. The van der Waals surface area contributed by atoms with Crippen LogP contribution in [-0.2, 0) is 4.74 Å². The number of ether oxygens (including phenoxy) is 1. The van der Waals surface area contributed by atoms with Crippen molar-refractivity contribution < 1.29 is 9.53 Å². The lowest BCUT2D eigenvalue weighted by molar-refractivity contribution is 0.0600. The molecule has 0 radical (unpaired) electrons. The van der Waals surface area contributed by atoms with Gasteiger partial charge in [-0.2, -0.15) is 0 Å². The van der Waals surface area contributed by atoms with Gasteiger partial charge in [-0.1, -0.05) is 23.8 Å². The second-order valence-electron chi connectivity index (χ2n) is 7.51. The number of esters is 1. The Morgan fingerprint density at radius 1 is 1.08 bits per heavy atom. The van der Waals surface area contributed by atoms with E-state index in [9.17, 15) is 4.79 Å². The van der Waals surface area contributed by atoms with Crippen LogP contribution in [0.25, 0.3) is 0 Å². The van der Waals surface area contributed by atoms with Gasteiger partial charge in [0, 0.05) is 17.6 Å². The topological polar surface area (TPSA) is 50.4 Å². The van der Waals surface area contributed by atoms with E-state index in [4.69, 9.17) is 4.74 Å². The molecule has 0 amide bonds. The van der Waals surface area contributed by atoms with Gasteiger partial charge in [0.25, 0.3) is 0 Å². The fraction of sp³-hybridized carbons (Fsp3) is 0.409. The first kappa shape index (κ1) is 17.1. The predicted octanol–water partition coefficient (Wildman–Crippen LogP) is 4.30. The molecule has 0 saturated carbocycles. The summed E-state index contributed by atoms with van der Waals surface area (Å²) >= 11 is 0. The lowest BCUT2D eigenvalue weighted by Crippen LogP contribution is -2.42. The Morgan fingerprint density at radius 3 is 2.69 bits per heavy atom. The van der Waals surface area contributed by atoms with Gasteiger partial charge < -0.3 is 15.4 Å². The summed E-state index contributed by atoms with van der Waals surface area (Å²) in [6.45, 7) is 5.31. The predicted molar refractivity (Wildman–Crippen MR) is 104 cm³/mol. The van der Waals surface area contributed by atoms with E-state index >= 15 is 0 Å². The zero-order chi connectivity index (χ0) is 18.3. The highest BCUT2D eigenvalue weighted by Gasteiger charge is 2.39. The monoisotopic (exact) mass is 350 g/mol. The maximum atomic E-state index is 11.8. The molecule has 1 fully saturated rings. The van der Waals surface area contributed by atoms with Gasteiger partial charge in [0.15, 0.2) is 0 Å². The Kier molecular flexibility index (Phi) is 4.45. The summed E-state index contributed by atoms with van der Waals surface area (Å²) in [5.41, 5.74) is 6.91. The first-order valence-electron chi connectivity index (χ1n) is 9.38. The van der Waals surface area contributed by atoms with Crippen LogP contribution in [0.15, 0.2) is 36.4 Å². The molecule has 2 heterocycles. The molecule has 136 valence electrons. The average Bonchev–Trinajstić information content (AvgIpc) is 2.67. The van der Waals surface area contributed by atoms with E-state index in [-0.39, 0.29) is 12.0 Å². The van der Waals surface area contributed by atoms with E-state index in [1.165, 1.54) is 42.3 Å². The second kappa shape index (κ2) is 6.76. The summed E-state index contributed by atoms with van der Waals surface area (Å²) in [5, 5.41) is 7.54. The average molecular weight is 350 g/mol. The quantitative estimate of drug-likeness (QED) is 0.793. The molecule has 3 atom stereocenters. The maximum Gasteiger partial charge on any atom is 0.337 e. The fourth-order valence-corrected chi connectivity index (χ4v) is 4.54. The molecule has 2 aromatic carbocycles. The van der Waals surface area contributed by atoms with Crippen LogP contribution < -0.4 is 10.6 Å². The lowest BCUT2D eigenvalue weighted by Gasteiger charge is -2.44. The Balaban J connectivity index is 1.74. The molecule has 4 heteroatoms. The van der Waals surface area contributed by atoms with E-state index in [2.05, 4.69) is 48.7 Å². The van der Waals surface area contributed by atoms with E-state index in [0.29, 0.717) is 17.5 Å². The minimum atomic E-state index is -0.283. The first-order chi connectivity index (χ1) is 12.6. The largest absolute Gasteiger partial charge is 0.465 e.